The second kappa shape index (κ2) is 3.82. The highest BCUT2D eigenvalue weighted by molar-refractivity contribution is 9.11. The molecule has 5 heteroatoms. The van der Waals surface area contributed by atoms with Crippen molar-refractivity contribution >= 4 is 31.9 Å². The van der Waals surface area contributed by atoms with Gasteiger partial charge in [0.15, 0.2) is 4.73 Å². The highest BCUT2D eigenvalue weighted by Gasteiger charge is 2.07. The Labute approximate surface area is 97.0 Å². The van der Waals surface area contributed by atoms with Crippen LogP contribution in [0.5, 0.6) is 0 Å². The standard InChI is InChI=1S/C9H5Br2FN2/c10-8-5-13-9(11)14(8)7-3-1-2-6(12)4-7/h1-5H. The first-order valence-electron chi connectivity index (χ1n) is 3.83. The second-order valence-electron chi connectivity index (χ2n) is 2.67. The first-order valence-corrected chi connectivity index (χ1v) is 5.42. The number of benzene rings is 1. The van der Waals surface area contributed by atoms with Crippen LogP contribution in [-0.2, 0) is 0 Å². The predicted molar refractivity (Wildman–Crippen MR) is 58.9 cm³/mol. The van der Waals surface area contributed by atoms with Crippen LogP contribution < -0.4 is 0 Å². The molecule has 2 aromatic rings. The van der Waals surface area contributed by atoms with Crippen molar-refractivity contribution in [1.29, 1.82) is 0 Å². The number of imidazole rings is 1. The Morgan fingerprint density at radius 3 is 2.64 bits per heavy atom. The van der Waals surface area contributed by atoms with E-state index in [1.54, 1.807) is 22.9 Å². The first kappa shape index (κ1) is 9.86. The normalized spacial score (nSPS) is 10.5. The largest absolute Gasteiger partial charge is 0.281 e. The van der Waals surface area contributed by atoms with Gasteiger partial charge >= 0.3 is 0 Å². The van der Waals surface area contributed by atoms with Crippen LogP contribution in [-0.4, -0.2) is 9.55 Å². The summed E-state index contributed by atoms with van der Waals surface area (Å²) in [4.78, 5) is 4.03. The molecule has 0 aliphatic heterocycles. The smallest absolute Gasteiger partial charge is 0.182 e. The molecule has 72 valence electrons. The van der Waals surface area contributed by atoms with E-state index in [4.69, 9.17) is 0 Å². The van der Waals surface area contributed by atoms with E-state index in [2.05, 4.69) is 36.8 Å². The average Bonchev–Trinajstić information content (AvgIpc) is 2.46. The lowest BCUT2D eigenvalue weighted by Gasteiger charge is -2.05. The number of hydrogen-bond donors (Lipinski definition) is 0. The Bertz CT molecular complexity index is 448. The molecule has 14 heavy (non-hydrogen) atoms. The van der Waals surface area contributed by atoms with Gasteiger partial charge in [-0.15, -0.1) is 0 Å². The van der Waals surface area contributed by atoms with Crippen LogP contribution in [0.1, 0.15) is 0 Å². The summed E-state index contributed by atoms with van der Waals surface area (Å²) in [6, 6.07) is 6.31. The SMILES string of the molecule is Fc1cccc(-n2c(Br)cnc2Br)c1. The van der Waals surface area contributed by atoms with E-state index in [1.807, 2.05) is 0 Å². The van der Waals surface area contributed by atoms with Crippen LogP contribution >= 0.6 is 31.9 Å². The summed E-state index contributed by atoms with van der Waals surface area (Å²) in [6.07, 6.45) is 1.65. The predicted octanol–water partition coefficient (Wildman–Crippen LogP) is 3.54. The van der Waals surface area contributed by atoms with Gasteiger partial charge in [-0.1, -0.05) is 6.07 Å². The van der Waals surface area contributed by atoms with Crippen LogP contribution in [0.4, 0.5) is 4.39 Å². The van der Waals surface area contributed by atoms with Crippen LogP contribution in [0.25, 0.3) is 5.69 Å². The average molecular weight is 320 g/mol. The molecule has 0 saturated heterocycles. The van der Waals surface area contributed by atoms with Crippen LogP contribution in [0.3, 0.4) is 0 Å². The third-order valence-corrected chi connectivity index (χ3v) is 2.86. The number of aromatic nitrogens is 2. The van der Waals surface area contributed by atoms with Gasteiger partial charge in [0.1, 0.15) is 10.4 Å². The summed E-state index contributed by atoms with van der Waals surface area (Å²) >= 11 is 6.60. The molecule has 0 unspecified atom stereocenters. The summed E-state index contributed by atoms with van der Waals surface area (Å²) in [5.41, 5.74) is 0.723. The van der Waals surface area contributed by atoms with Crippen molar-refractivity contribution in [3.63, 3.8) is 0 Å². The van der Waals surface area contributed by atoms with Crippen molar-refractivity contribution in [1.82, 2.24) is 9.55 Å². The third-order valence-electron chi connectivity index (χ3n) is 1.74. The zero-order valence-electron chi connectivity index (χ0n) is 6.92. The fourth-order valence-corrected chi connectivity index (χ4v) is 2.37. The molecule has 0 amide bonds. The molecular weight excluding hydrogens is 315 g/mol. The molecule has 2 rings (SSSR count). The summed E-state index contributed by atoms with van der Waals surface area (Å²) in [5.74, 6) is -0.269. The number of rotatable bonds is 1. The van der Waals surface area contributed by atoms with E-state index < -0.39 is 0 Å². The number of halogens is 3. The van der Waals surface area contributed by atoms with Gasteiger partial charge in [0.25, 0.3) is 0 Å². The van der Waals surface area contributed by atoms with Gasteiger partial charge in [-0.3, -0.25) is 4.57 Å². The summed E-state index contributed by atoms with van der Waals surface area (Å²) in [5, 5.41) is 0. The van der Waals surface area contributed by atoms with Crippen LogP contribution in [0.2, 0.25) is 0 Å². The lowest BCUT2D eigenvalue weighted by molar-refractivity contribution is 0.626. The quantitative estimate of drug-likeness (QED) is 0.786. The molecular formula is C9H5Br2FN2. The molecule has 0 radical (unpaired) electrons. The summed E-state index contributed by atoms with van der Waals surface area (Å²) in [6.45, 7) is 0. The molecule has 0 spiro atoms. The maximum Gasteiger partial charge on any atom is 0.182 e. The van der Waals surface area contributed by atoms with Gasteiger partial charge in [-0.25, -0.2) is 9.37 Å². The van der Waals surface area contributed by atoms with Crippen molar-refractivity contribution in [3.8, 4) is 5.69 Å². The van der Waals surface area contributed by atoms with Gasteiger partial charge in [-0.2, -0.15) is 0 Å². The Hall–Kier alpha value is -0.680. The van der Waals surface area contributed by atoms with Crippen LogP contribution in [0.15, 0.2) is 39.8 Å². The second-order valence-corrected chi connectivity index (χ2v) is 4.19. The molecule has 1 aromatic carbocycles. The molecule has 1 heterocycles. The lowest BCUT2D eigenvalue weighted by Crippen LogP contribution is -1.94. The fourth-order valence-electron chi connectivity index (χ4n) is 1.16. The molecule has 0 N–H and O–H groups in total. The van der Waals surface area contributed by atoms with Gasteiger partial charge in [0.05, 0.1) is 11.9 Å². The molecule has 0 bridgehead atoms. The molecule has 0 aliphatic rings. The molecule has 1 aromatic heterocycles. The first-order chi connectivity index (χ1) is 6.68. The van der Waals surface area contributed by atoms with Gasteiger partial charge in [0, 0.05) is 0 Å². The van der Waals surface area contributed by atoms with E-state index in [0.717, 1.165) is 10.3 Å². The highest BCUT2D eigenvalue weighted by atomic mass is 79.9. The Balaban J connectivity index is 2.59. The summed E-state index contributed by atoms with van der Waals surface area (Å²) in [7, 11) is 0. The lowest BCUT2D eigenvalue weighted by atomic mass is 10.3. The van der Waals surface area contributed by atoms with Crippen molar-refractivity contribution in [2.24, 2.45) is 0 Å². The topological polar surface area (TPSA) is 17.8 Å². The van der Waals surface area contributed by atoms with Crippen LogP contribution in [0, 0.1) is 5.82 Å². The molecule has 2 nitrogen and oxygen atoms in total. The Morgan fingerprint density at radius 2 is 2.07 bits per heavy atom. The maximum absolute atomic E-state index is 13.0. The van der Waals surface area contributed by atoms with Gasteiger partial charge in [-0.05, 0) is 50.1 Å². The molecule has 0 fully saturated rings. The monoisotopic (exact) mass is 318 g/mol. The zero-order chi connectivity index (χ0) is 10.1. The number of hydrogen-bond acceptors (Lipinski definition) is 1. The van der Waals surface area contributed by atoms with E-state index in [-0.39, 0.29) is 5.82 Å². The molecule has 0 saturated carbocycles. The van der Waals surface area contributed by atoms with E-state index >= 15 is 0 Å². The van der Waals surface area contributed by atoms with Crippen molar-refractivity contribution in [2.45, 2.75) is 0 Å². The van der Waals surface area contributed by atoms with Gasteiger partial charge < -0.3 is 0 Å². The minimum atomic E-state index is -0.269. The molecule has 0 aliphatic carbocycles. The maximum atomic E-state index is 13.0. The third kappa shape index (κ3) is 1.74. The summed E-state index contributed by atoms with van der Waals surface area (Å²) < 4.78 is 16.1. The highest BCUT2D eigenvalue weighted by Crippen LogP contribution is 2.23. The van der Waals surface area contributed by atoms with Crippen molar-refractivity contribution < 1.29 is 4.39 Å². The van der Waals surface area contributed by atoms with Gasteiger partial charge in [0.2, 0.25) is 0 Å². The number of nitrogens with zero attached hydrogens (tertiary/aromatic N) is 2. The minimum absolute atomic E-state index is 0.269. The van der Waals surface area contributed by atoms with Crippen molar-refractivity contribution in [3.05, 3.63) is 45.6 Å². The van der Waals surface area contributed by atoms with E-state index in [9.17, 15) is 4.39 Å². The minimum Gasteiger partial charge on any atom is -0.281 e. The van der Waals surface area contributed by atoms with Crippen molar-refractivity contribution in [2.75, 3.05) is 0 Å². The molecule has 0 atom stereocenters. The zero-order valence-corrected chi connectivity index (χ0v) is 10.1. The Kier molecular flexibility index (Phi) is 2.69. The van der Waals surface area contributed by atoms with E-state index in [0.29, 0.717) is 4.73 Å². The Morgan fingerprint density at radius 1 is 1.29 bits per heavy atom. The van der Waals surface area contributed by atoms with E-state index in [1.165, 1.54) is 12.1 Å². The fraction of sp³-hybridized carbons (Fsp3) is 0.